The largest absolute Gasteiger partial charge is 0.416 e. The van der Waals surface area contributed by atoms with Crippen molar-refractivity contribution in [3.63, 3.8) is 0 Å². The second-order valence-electron chi connectivity index (χ2n) is 10.6. The molecule has 4 rings (SSSR count). The van der Waals surface area contributed by atoms with Gasteiger partial charge >= 0.3 is 12.4 Å². The molecule has 2 amide bonds. The highest BCUT2D eigenvalue weighted by Gasteiger charge is 2.44. The van der Waals surface area contributed by atoms with Crippen LogP contribution < -0.4 is 5.32 Å². The molecule has 42 heavy (non-hydrogen) atoms. The smallest absolute Gasteiger partial charge is 0.383 e. The average molecular weight is 602 g/mol. The lowest BCUT2D eigenvalue weighted by Gasteiger charge is -2.46. The summed E-state index contributed by atoms with van der Waals surface area (Å²) in [6, 6.07) is 10.1. The number of carbonyl (C=O) groups excluding carboxylic acids is 2. The molecule has 0 spiro atoms. The first-order valence-electron chi connectivity index (χ1n) is 13.6. The van der Waals surface area contributed by atoms with Crippen molar-refractivity contribution in [1.82, 2.24) is 15.3 Å². The Morgan fingerprint density at radius 1 is 1.00 bits per heavy atom. The van der Waals surface area contributed by atoms with E-state index in [0.717, 1.165) is 5.56 Å². The Hall–Kier alpha value is -3.16. The van der Waals surface area contributed by atoms with Crippen LogP contribution in [-0.2, 0) is 43.4 Å². The molecule has 2 aliphatic rings. The number of nitrogens with zero attached hydrogens (tertiary/aromatic N) is 2. The first-order valence-corrected chi connectivity index (χ1v) is 13.6. The van der Waals surface area contributed by atoms with Gasteiger partial charge in [-0.05, 0) is 48.6 Å². The number of benzene rings is 2. The molecular formula is C29H33F6N3O4. The Kier molecular flexibility index (Phi) is 9.84. The van der Waals surface area contributed by atoms with Gasteiger partial charge in [-0.2, -0.15) is 26.3 Å². The summed E-state index contributed by atoms with van der Waals surface area (Å²) in [5, 5.41) is 6.14. The predicted molar refractivity (Wildman–Crippen MR) is 140 cm³/mol. The summed E-state index contributed by atoms with van der Waals surface area (Å²) < 4.78 is 90.7. The van der Waals surface area contributed by atoms with Gasteiger partial charge in [-0.15, -0.1) is 0 Å². The van der Waals surface area contributed by atoms with E-state index >= 15 is 0 Å². The molecule has 7 nitrogen and oxygen atoms in total. The number of carbonyl (C=O) groups is 2. The molecule has 13 heteroatoms. The van der Waals surface area contributed by atoms with Crippen molar-refractivity contribution in [2.24, 2.45) is 0 Å². The maximum Gasteiger partial charge on any atom is 0.416 e. The Morgan fingerprint density at radius 3 is 2.19 bits per heavy atom. The van der Waals surface area contributed by atoms with Gasteiger partial charge in [-0.25, -0.2) is 5.01 Å². The third-order valence-corrected chi connectivity index (χ3v) is 7.77. The van der Waals surface area contributed by atoms with Gasteiger partial charge in [0.2, 0.25) is 11.8 Å². The maximum atomic E-state index is 13.3. The Bertz CT molecular complexity index is 1200. The second-order valence-corrected chi connectivity index (χ2v) is 10.6. The second kappa shape index (κ2) is 13.0. The number of piperidine rings is 1. The SMILES string of the molecule is COCCNC(=O)C1CCC(=O)N1N1CCC(COCc2cc(C(F)(F)F)cc(C(F)(F)F)c2)(c2ccccc2)CC1. The van der Waals surface area contributed by atoms with Crippen molar-refractivity contribution in [3.8, 4) is 0 Å². The van der Waals surface area contributed by atoms with Gasteiger partial charge in [0.05, 0.1) is 30.9 Å². The van der Waals surface area contributed by atoms with Crippen LogP contribution >= 0.6 is 0 Å². The minimum absolute atomic E-state index is 0.0390. The molecule has 230 valence electrons. The van der Waals surface area contributed by atoms with Crippen LogP contribution in [-0.4, -0.2) is 67.8 Å². The third kappa shape index (κ3) is 7.42. The summed E-state index contributed by atoms with van der Waals surface area (Å²) in [5.74, 6) is -0.421. The Morgan fingerprint density at radius 2 is 1.62 bits per heavy atom. The van der Waals surface area contributed by atoms with Crippen LogP contribution in [0.5, 0.6) is 0 Å². The number of halogens is 6. The lowest BCUT2D eigenvalue weighted by Crippen LogP contribution is -2.57. The molecule has 2 aromatic carbocycles. The van der Waals surface area contributed by atoms with Crippen molar-refractivity contribution in [3.05, 3.63) is 70.8 Å². The highest BCUT2D eigenvalue weighted by molar-refractivity contribution is 5.90. The summed E-state index contributed by atoms with van der Waals surface area (Å²) in [5.41, 5.74) is -2.71. The van der Waals surface area contributed by atoms with Crippen LogP contribution in [0, 0.1) is 0 Å². The van der Waals surface area contributed by atoms with E-state index in [2.05, 4.69) is 5.32 Å². The summed E-state index contributed by atoms with van der Waals surface area (Å²) in [7, 11) is 1.52. The van der Waals surface area contributed by atoms with Crippen LogP contribution in [0.15, 0.2) is 48.5 Å². The van der Waals surface area contributed by atoms with E-state index in [0.29, 0.717) is 57.6 Å². The summed E-state index contributed by atoms with van der Waals surface area (Å²) in [4.78, 5) is 25.5. The molecule has 1 atom stereocenters. The number of hydrogen-bond donors (Lipinski definition) is 1. The quantitative estimate of drug-likeness (QED) is 0.309. The fraction of sp³-hybridized carbons (Fsp3) is 0.517. The maximum absolute atomic E-state index is 13.3. The molecule has 2 heterocycles. The number of nitrogens with one attached hydrogen (secondary N) is 1. The molecule has 0 aliphatic carbocycles. The van der Waals surface area contributed by atoms with Gasteiger partial charge in [0.1, 0.15) is 6.04 Å². The number of amides is 2. The van der Waals surface area contributed by atoms with Gasteiger partial charge < -0.3 is 14.8 Å². The number of hydrazine groups is 1. The number of ether oxygens (including phenoxy) is 2. The van der Waals surface area contributed by atoms with Crippen LogP contribution in [0.1, 0.15) is 47.9 Å². The normalized spacial score (nSPS) is 19.7. The zero-order valence-corrected chi connectivity index (χ0v) is 23.1. The highest BCUT2D eigenvalue weighted by atomic mass is 19.4. The van der Waals surface area contributed by atoms with Crippen molar-refractivity contribution < 1.29 is 45.4 Å². The van der Waals surface area contributed by atoms with Crippen LogP contribution in [0.2, 0.25) is 0 Å². The average Bonchev–Trinajstić information content (AvgIpc) is 3.34. The fourth-order valence-electron chi connectivity index (χ4n) is 5.58. The van der Waals surface area contributed by atoms with E-state index in [-0.39, 0.29) is 36.5 Å². The lowest BCUT2D eigenvalue weighted by molar-refractivity contribution is -0.157. The molecule has 2 aliphatic heterocycles. The standard InChI is InChI=1S/C29H33F6N3O4/c1-41-14-11-36-26(40)24-7-8-25(39)38(24)37-12-9-27(10-13-37,21-5-3-2-4-6-21)19-42-18-20-15-22(28(30,31)32)17-23(16-20)29(33,34)35/h2-6,15-17,24H,7-14,18-19H2,1H3,(H,36,40). The minimum Gasteiger partial charge on any atom is -0.383 e. The number of hydrogen-bond acceptors (Lipinski definition) is 5. The molecule has 0 bridgehead atoms. The zero-order valence-electron chi connectivity index (χ0n) is 23.1. The fourth-order valence-corrected chi connectivity index (χ4v) is 5.58. The molecule has 2 saturated heterocycles. The summed E-state index contributed by atoms with van der Waals surface area (Å²) in [6.07, 6.45) is -8.30. The van der Waals surface area contributed by atoms with Gasteiger partial charge in [0.25, 0.3) is 0 Å². The molecule has 0 saturated carbocycles. The topological polar surface area (TPSA) is 71.1 Å². The molecule has 2 fully saturated rings. The molecule has 2 aromatic rings. The minimum atomic E-state index is -4.94. The van der Waals surface area contributed by atoms with E-state index < -0.39 is 41.5 Å². The van der Waals surface area contributed by atoms with Crippen molar-refractivity contribution in [2.75, 3.05) is 40.0 Å². The van der Waals surface area contributed by atoms with Gasteiger partial charge in [0, 0.05) is 38.6 Å². The third-order valence-electron chi connectivity index (χ3n) is 7.77. The van der Waals surface area contributed by atoms with Crippen LogP contribution in [0.4, 0.5) is 26.3 Å². The van der Waals surface area contributed by atoms with Crippen LogP contribution in [0.3, 0.4) is 0 Å². The van der Waals surface area contributed by atoms with Gasteiger partial charge in [-0.1, -0.05) is 30.3 Å². The Balaban J connectivity index is 1.48. The first-order chi connectivity index (χ1) is 19.8. The Labute approximate surface area is 239 Å². The van der Waals surface area contributed by atoms with Crippen molar-refractivity contribution in [1.29, 1.82) is 0 Å². The zero-order chi connectivity index (χ0) is 30.5. The summed E-state index contributed by atoms with van der Waals surface area (Å²) in [6.45, 7) is 1.05. The lowest BCUT2D eigenvalue weighted by atomic mass is 9.73. The van der Waals surface area contributed by atoms with E-state index in [1.807, 2.05) is 35.3 Å². The van der Waals surface area contributed by atoms with E-state index in [1.165, 1.54) is 12.1 Å². The van der Waals surface area contributed by atoms with Gasteiger partial charge in [0.15, 0.2) is 0 Å². The van der Waals surface area contributed by atoms with Crippen LogP contribution in [0.25, 0.3) is 0 Å². The highest BCUT2D eigenvalue weighted by Crippen LogP contribution is 2.39. The molecule has 1 N–H and O–H groups in total. The van der Waals surface area contributed by atoms with E-state index in [1.54, 1.807) is 0 Å². The number of methoxy groups -OCH3 is 1. The monoisotopic (exact) mass is 601 g/mol. The van der Waals surface area contributed by atoms with Crippen molar-refractivity contribution in [2.45, 2.75) is 56.1 Å². The predicted octanol–water partition coefficient (Wildman–Crippen LogP) is 4.94. The molecule has 0 aromatic heterocycles. The van der Waals surface area contributed by atoms with Gasteiger partial charge in [-0.3, -0.25) is 14.6 Å². The van der Waals surface area contributed by atoms with Crippen molar-refractivity contribution >= 4 is 11.8 Å². The first kappa shape index (κ1) is 31.8. The number of rotatable bonds is 10. The summed E-state index contributed by atoms with van der Waals surface area (Å²) >= 11 is 0. The molecular weight excluding hydrogens is 568 g/mol. The van der Waals surface area contributed by atoms with E-state index in [9.17, 15) is 35.9 Å². The number of alkyl halides is 6. The molecule has 1 unspecified atom stereocenters. The van der Waals surface area contributed by atoms with E-state index in [4.69, 9.17) is 9.47 Å². The molecule has 0 radical (unpaired) electrons.